The van der Waals surface area contributed by atoms with Crippen molar-refractivity contribution in [2.75, 3.05) is 6.54 Å². The fourth-order valence-corrected chi connectivity index (χ4v) is 4.70. The third-order valence-corrected chi connectivity index (χ3v) is 6.11. The first kappa shape index (κ1) is 15.8. The summed E-state index contributed by atoms with van der Waals surface area (Å²) < 4.78 is 4.05. The summed E-state index contributed by atoms with van der Waals surface area (Å²) in [6.07, 6.45) is 10.6. The van der Waals surface area contributed by atoms with E-state index < -0.39 is 0 Å². The average molecular weight is 363 g/mol. The average Bonchev–Trinajstić information content (AvgIpc) is 3.42. The minimum atomic E-state index is 0.382. The number of nitrogens with zero attached hydrogens (tertiary/aromatic N) is 5. The third kappa shape index (κ3) is 2.75. The molecule has 0 spiro atoms. The van der Waals surface area contributed by atoms with Gasteiger partial charge in [0.15, 0.2) is 0 Å². The molecule has 1 aliphatic heterocycles. The molecule has 5 rings (SSSR count). The Hall–Kier alpha value is -2.44. The highest BCUT2D eigenvalue weighted by Gasteiger charge is 2.29. The van der Waals surface area contributed by atoms with E-state index in [1.165, 1.54) is 40.1 Å². The molecule has 0 N–H and O–H groups in total. The normalized spacial score (nSPS) is 18.1. The molecular formula is C20H21N5S. The molecule has 4 aromatic rings. The van der Waals surface area contributed by atoms with E-state index in [1.807, 2.05) is 24.3 Å². The van der Waals surface area contributed by atoms with E-state index in [-0.39, 0.29) is 0 Å². The Kier molecular flexibility index (Phi) is 3.87. The number of hydrogen-bond donors (Lipinski definition) is 0. The van der Waals surface area contributed by atoms with E-state index in [4.69, 9.17) is 4.98 Å². The molecule has 26 heavy (non-hydrogen) atoms. The van der Waals surface area contributed by atoms with Crippen molar-refractivity contribution < 1.29 is 0 Å². The molecule has 0 aliphatic carbocycles. The zero-order chi connectivity index (χ0) is 17.5. The van der Waals surface area contributed by atoms with Crippen molar-refractivity contribution in [1.29, 1.82) is 0 Å². The van der Waals surface area contributed by atoms with E-state index in [0.29, 0.717) is 6.04 Å². The number of aromatic nitrogens is 4. The number of fused-ring (bicyclic) bond motifs is 1. The van der Waals surface area contributed by atoms with Crippen LogP contribution in [0, 0.1) is 0 Å². The number of pyridine rings is 1. The summed E-state index contributed by atoms with van der Waals surface area (Å²) in [6, 6.07) is 9.08. The lowest BCUT2D eigenvalue weighted by molar-refractivity contribution is 0.246. The van der Waals surface area contributed by atoms with Crippen LogP contribution in [0.1, 0.15) is 30.1 Å². The summed E-state index contributed by atoms with van der Waals surface area (Å²) >= 11 is 1.77. The van der Waals surface area contributed by atoms with Gasteiger partial charge in [-0.1, -0.05) is 6.07 Å². The van der Waals surface area contributed by atoms with Gasteiger partial charge in [-0.3, -0.25) is 9.58 Å². The maximum Gasteiger partial charge on any atom is 0.0996 e. The van der Waals surface area contributed by atoms with Crippen LogP contribution in [0.3, 0.4) is 0 Å². The summed E-state index contributed by atoms with van der Waals surface area (Å²) in [5.74, 6) is 0. The minimum Gasteiger partial charge on any atom is -0.305 e. The number of thiophene rings is 1. The van der Waals surface area contributed by atoms with Gasteiger partial charge in [-0.2, -0.15) is 5.10 Å². The van der Waals surface area contributed by atoms with Crippen LogP contribution < -0.4 is 0 Å². The van der Waals surface area contributed by atoms with Gasteiger partial charge < -0.3 is 4.40 Å². The summed E-state index contributed by atoms with van der Waals surface area (Å²) in [5, 5.41) is 6.42. The molecule has 5 heterocycles. The number of hydrogen-bond acceptors (Lipinski definition) is 4. The number of rotatable bonds is 4. The summed E-state index contributed by atoms with van der Waals surface area (Å²) in [6.45, 7) is 2.05. The Morgan fingerprint density at radius 3 is 3.00 bits per heavy atom. The largest absolute Gasteiger partial charge is 0.305 e. The first-order valence-electron chi connectivity index (χ1n) is 9.00. The van der Waals surface area contributed by atoms with Crippen LogP contribution in [0.4, 0.5) is 0 Å². The predicted molar refractivity (Wildman–Crippen MR) is 104 cm³/mol. The van der Waals surface area contributed by atoms with Crippen LogP contribution >= 0.6 is 11.3 Å². The van der Waals surface area contributed by atoms with Gasteiger partial charge in [0.25, 0.3) is 0 Å². The van der Waals surface area contributed by atoms with Gasteiger partial charge in [0.1, 0.15) is 0 Å². The summed E-state index contributed by atoms with van der Waals surface area (Å²) in [7, 11) is 1.97. The molecule has 0 amide bonds. The molecule has 0 radical (unpaired) electrons. The van der Waals surface area contributed by atoms with E-state index >= 15 is 0 Å². The first-order chi connectivity index (χ1) is 12.8. The lowest BCUT2D eigenvalue weighted by Crippen LogP contribution is -2.23. The molecule has 0 saturated carbocycles. The molecule has 1 saturated heterocycles. The Labute approximate surface area is 156 Å². The highest BCUT2D eigenvalue weighted by atomic mass is 32.1. The van der Waals surface area contributed by atoms with Crippen LogP contribution in [-0.4, -0.2) is 30.6 Å². The van der Waals surface area contributed by atoms with E-state index in [0.717, 1.165) is 13.1 Å². The van der Waals surface area contributed by atoms with Crippen molar-refractivity contribution in [2.24, 2.45) is 7.05 Å². The van der Waals surface area contributed by atoms with Crippen molar-refractivity contribution in [3.8, 4) is 10.4 Å². The van der Waals surface area contributed by atoms with Crippen molar-refractivity contribution in [3.63, 3.8) is 0 Å². The molecule has 0 unspecified atom stereocenters. The molecule has 1 fully saturated rings. The van der Waals surface area contributed by atoms with Crippen LogP contribution in [0.25, 0.3) is 16.0 Å². The minimum absolute atomic E-state index is 0.382. The molecule has 5 nitrogen and oxygen atoms in total. The highest BCUT2D eigenvalue weighted by molar-refractivity contribution is 7.13. The van der Waals surface area contributed by atoms with Gasteiger partial charge in [0, 0.05) is 42.0 Å². The molecule has 0 aromatic carbocycles. The van der Waals surface area contributed by atoms with Gasteiger partial charge in [0.05, 0.1) is 29.8 Å². The Bertz CT molecular complexity index is 1030. The Morgan fingerprint density at radius 2 is 2.19 bits per heavy atom. The molecule has 1 atom stereocenters. The maximum absolute atomic E-state index is 4.80. The predicted octanol–water partition coefficient (Wildman–Crippen LogP) is 4.13. The first-order valence-corrected chi connectivity index (χ1v) is 9.88. The zero-order valence-electron chi connectivity index (χ0n) is 14.7. The van der Waals surface area contributed by atoms with Crippen LogP contribution in [0.2, 0.25) is 0 Å². The quantitative estimate of drug-likeness (QED) is 0.547. The molecular weight excluding hydrogens is 342 g/mol. The topological polar surface area (TPSA) is 38.4 Å². The zero-order valence-corrected chi connectivity index (χ0v) is 15.6. The molecule has 132 valence electrons. The maximum atomic E-state index is 4.80. The second-order valence-electron chi connectivity index (χ2n) is 6.97. The summed E-state index contributed by atoms with van der Waals surface area (Å²) in [5.41, 5.74) is 4.93. The van der Waals surface area contributed by atoms with Crippen molar-refractivity contribution in [2.45, 2.75) is 25.4 Å². The molecule has 0 bridgehead atoms. The molecule has 4 aromatic heterocycles. The van der Waals surface area contributed by atoms with Crippen molar-refractivity contribution >= 4 is 16.9 Å². The SMILES string of the molecule is Cn1cc(CN2CCC[C@@H]2c2ncn3cc(-c4cccs4)ccc23)cn1. The van der Waals surface area contributed by atoms with Gasteiger partial charge in [-0.05, 0) is 43.0 Å². The third-order valence-electron chi connectivity index (χ3n) is 5.19. The fourth-order valence-electron chi connectivity index (χ4n) is 3.98. The number of likely N-dealkylation sites (tertiary alicyclic amines) is 1. The van der Waals surface area contributed by atoms with Crippen LogP contribution in [0.5, 0.6) is 0 Å². The van der Waals surface area contributed by atoms with Crippen molar-refractivity contribution in [3.05, 3.63) is 65.8 Å². The van der Waals surface area contributed by atoms with Crippen LogP contribution in [0.15, 0.2) is 54.6 Å². The van der Waals surface area contributed by atoms with Gasteiger partial charge in [0.2, 0.25) is 0 Å². The standard InChI is InChI=1S/C20H21N5S/c1-23-11-15(10-22-23)12-24-8-2-4-17(24)20-18-7-6-16(13-25(18)14-21-20)19-5-3-9-26-19/h3,5-7,9-11,13-14,17H,2,4,8,12H2,1H3/t17-/m1/s1. The monoisotopic (exact) mass is 363 g/mol. The number of imidazole rings is 1. The van der Waals surface area contributed by atoms with Crippen LogP contribution in [-0.2, 0) is 13.6 Å². The molecule has 1 aliphatic rings. The van der Waals surface area contributed by atoms with E-state index in [2.05, 4.69) is 56.4 Å². The lowest BCUT2D eigenvalue weighted by Gasteiger charge is -2.22. The van der Waals surface area contributed by atoms with Gasteiger partial charge in [-0.25, -0.2) is 4.98 Å². The Morgan fingerprint density at radius 1 is 1.23 bits per heavy atom. The smallest absolute Gasteiger partial charge is 0.0996 e. The fraction of sp³-hybridized carbons (Fsp3) is 0.300. The van der Waals surface area contributed by atoms with Crippen molar-refractivity contribution in [1.82, 2.24) is 24.1 Å². The molecule has 6 heteroatoms. The summed E-state index contributed by atoms with van der Waals surface area (Å²) in [4.78, 5) is 8.63. The van der Waals surface area contributed by atoms with Gasteiger partial charge >= 0.3 is 0 Å². The Balaban J connectivity index is 1.46. The van der Waals surface area contributed by atoms with E-state index in [9.17, 15) is 0 Å². The second kappa shape index (κ2) is 6.37. The second-order valence-corrected chi connectivity index (χ2v) is 7.92. The number of aryl methyl sites for hydroxylation is 1. The van der Waals surface area contributed by atoms with Gasteiger partial charge in [-0.15, -0.1) is 11.3 Å². The van der Waals surface area contributed by atoms with E-state index in [1.54, 1.807) is 11.3 Å². The highest BCUT2D eigenvalue weighted by Crippen LogP contribution is 2.35. The lowest BCUT2D eigenvalue weighted by atomic mass is 10.1.